The first-order chi connectivity index (χ1) is 12.6. The van der Waals surface area contributed by atoms with E-state index in [0.717, 1.165) is 18.7 Å². The van der Waals surface area contributed by atoms with Gasteiger partial charge in [0.2, 0.25) is 10.0 Å². The first-order valence-electron chi connectivity index (χ1n) is 8.86. The van der Waals surface area contributed by atoms with Gasteiger partial charge in [-0.1, -0.05) is 18.2 Å². The molecule has 0 radical (unpaired) electrons. The van der Waals surface area contributed by atoms with Crippen molar-refractivity contribution in [3.8, 4) is 0 Å². The summed E-state index contributed by atoms with van der Waals surface area (Å²) in [6, 6.07) is 12.1. The number of hydrogen-bond donors (Lipinski definition) is 0. The summed E-state index contributed by atoms with van der Waals surface area (Å²) in [6.07, 6.45) is 3.63. The molecule has 6 nitrogen and oxygen atoms in total. The van der Waals surface area contributed by atoms with Crippen LogP contribution in [0.25, 0.3) is 0 Å². The van der Waals surface area contributed by atoms with Gasteiger partial charge in [-0.3, -0.25) is 4.79 Å². The standard InChI is InChI=1S/C19H21N3O3S/c23-19(15-4-5-15)16-6-8-17(9-7-16)26(24,25)22-13-11-21(12-14-22)18-3-1-2-10-20-18/h1-3,6-10,15H,4-5,11-14H2. The van der Waals surface area contributed by atoms with Gasteiger partial charge in [0, 0.05) is 43.9 Å². The van der Waals surface area contributed by atoms with Crippen LogP contribution in [0.1, 0.15) is 23.2 Å². The van der Waals surface area contributed by atoms with Gasteiger partial charge < -0.3 is 4.90 Å². The minimum atomic E-state index is -3.54. The van der Waals surface area contributed by atoms with Crippen LogP contribution in [0.4, 0.5) is 5.82 Å². The topological polar surface area (TPSA) is 70.6 Å². The number of nitrogens with zero attached hydrogens (tertiary/aromatic N) is 3. The van der Waals surface area contributed by atoms with Crippen LogP contribution in [0.15, 0.2) is 53.6 Å². The minimum Gasteiger partial charge on any atom is -0.354 e. The quantitative estimate of drug-likeness (QED) is 0.754. The highest BCUT2D eigenvalue weighted by Crippen LogP contribution is 2.33. The van der Waals surface area contributed by atoms with Crippen LogP contribution >= 0.6 is 0 Å². The van der Waals surface area contributed by atoms with Gasteiger partial charge in [0.15, 0.2) is 5.78 Å². The van der Waals surface area contributed by atoms with E-state index in [1.54, 1.807) is 30.5 Å². The van der Waals surface area contributed by atoms with Crippen LogP contribution in [0.5, 0.6) is 0 Å². The molecule has 2 aromatic rings. The number of anilines is 1. The first-order valence-corrected chi connectivity index (χ1v) is 10.3. The van der Waals surface area contributed by atoms with Gasteiger partial charge in [0.1, 0.15) is 5.82 Å². The second kappa shape index (κ2) is 6.81. The van der Waals surface area contributed by atoms with Crippen LogP contribution in [-0.2, 0) is 10.0 Å². The molecular weight excluding hydrogens is 350 g/mol. The van der Waals surface area contributed by atoms with E-state index in [1.165, 1.54) is 4.31 Å². The second-order valence-corrected chi connectivity index (χ2v) is 8.68. The molecule has 2 fully saturated rings. The molecule has 1 aliphatic heterocycles. The zero-order chi connectivity index (χ0) is 18.1. The van der Waals surface area contributed by atoms with E-state index < -0.39 is 10.0 Å². The molecule has 1 saturated carbocycles. The fraction of sp³-hybridized carbons (Fsp3) is 0.368. The Hall–Kier alpha value is -2.25. The predicted molar refractivity (Wildman–Crippen MR) is 98.7 cm³/mol. The third kappa shape index (κ3) is 3.37. The number of hydrogen-bond acceptors (Lipinski definition) is 5. The van der Waals surface area contributed by atoms with Gasteiger partial charge in [-0.2, -0.15) is 4.31 Å². The average molecular weight is 371 g/mol. The maximum absolute atomic E-state index is 12.9. The lowest BCUT2D eigenvalue weighted by molar-refractivity contribution is 0.0967. The molecule has 2 aliphatic rings. The summed E-state index contributed by atoms with van der Waals surface area (Å²) in [6.45, 7) is 2.05. The Labute approximate surface area is 153 Å². The third-order valence-electron chi connectivity index (χ3n) is 4.94. The Morgan fingerprint density at radius 3 is 2.23 bits per heavy atom. The molecule has 0 atom stereocenters. The molecule has 0 spiro atoms. The summed E-state index contributed by atoms with van der Waals surface area (Å²) in [5.41, 5.74) is 0.603. The lowest BCUT2D eigenvalue weighted by Gasteiger charge is -2.34. The van der Waals surface area contributed by atoms with Crippen LogP contribution in [0.3, 0.4) is 0 Å². The Morgan fingerprint density at radius 1 is 0.962 bits per heavy atom. The SMILES string of the molecule is O=C(c1ccc(S(=O)(=O)N2CCN(c3ccccn3)CC2)cc1)C1CC1. The minimum absolute atomic E-state index is 0.123. The van der Waals surface area contributed by atoms with Crippen molar-refractivity contribution in [2.24, 2.45) is 5.92 Å². The third-order valence-corrected chi connectivity index (χ3v) is 6.85. The number of Topliss-reactive ketones (excluding diaryl/α,β-unsaturated/α-hetero) is 1. The predicted octanol–water partition coefficient (Wildman–Crippen LogP) is 2.19. The number of benzene rings is 1. The summed E-state index contributed by atoms with van der Waals surface area (Å²) >= 11 is 0. The molecule has 7 heteroatoms. The number of pyridine rings is 1. The number of carbonyl (C=O) groups excluding carboxylic acids is 1. The summed E-state index contributed by atoms with van der Waals surface area (Å²) in [5, 5.41) is 0. The second-order valence-electron chi connectivity index (χ2n) is 6.74. The van der Waals surface area contributed by atoms with Crippen LogP contribution in [0, 0.1) is 5.92 Å². The molecule has 0 unspecified atom stereocenters. The molecule has 0 bridgehead atoms. The highest BCUT2D eigenvalue weighted by molar-refractivity contribution is 7.89. The van der Waals surface area contributed by atoms with Crippen LogP contribution in [0.2, 0.25) is 0 Å². The maximum atomic E-state index is 12.9. The lowest BCUT2D eigenvalue weighted by Crippen LogP contribution is -2.48. The van der Waals surface area contributed by atoms with E-state index in [4.69, 9.17) is 0 Å². The van der Waals surface area contributed by atoms with Gasteiger partial charge in [0.25, 0.3) is 0 Å². The van der Waals surface area contributed by atoms with Gasteiger partial charge in [-0.05, 0) is 37.1 Å². The zero-order valence-corrected chi connectivity index (χ0v) is 15.2. The summed E-state index contributed by atoms with van der Waals surface area (Å²) < 4.78 is 27.2. The van der Waals surface area contributed by atoms with E-state index in [0.29, 0.717) is 31.7 Å². The Kier molecular flexibility index (Phi) is 4.50. The van der Waals surface area contributed by atoms with Gasteiger partial charge in [0.05, 0.1) is 4.90 Å². The van der Waals surface area contributed by atoms with Crippen molar-refractivity contribution in [3.05, 3.63) is 54.2 Å². The molecule has 4 rings (SSSR count). The summed E-state index contributed by atoms with van der Waals surface area (Å²) in [7, 11) is -3.54. The van der Waals surface area contributed by atoms with Crippen molar-refractivity contribution in [1.29, 1.82) is 0 Å². The average Bonchev–Trinajstić information content (AvgIpc) is 3.54. The first kappa shape index (κ1) is 17.2. The highest BCUT2D eigenvalue weighted by Gasteiger charge is 2.32. The number of sulfonamides is 1. The van der Waals surface area contributed by atoms with Crippen molar-refractivity contribution < 1.29 is 13.2 Å². The van der Waals surface area contributed by atoms with Crippen LogP contribution < -0.4 is 4.90 Å². The molecule has 2 heterocycles. The van der Waals surface area contributed by atoms with Gasteiger partial charge in [-0.15, -0.1) is 0 Å². The molecule has 1 aromatic heterocycles. The van der Waals surface area contributed by atoms with E-state index in [1.807, 2.05) is 18.2 Å². The van der Waals surface area contributed by atoms with Crippen molar-refractivity contribution >= 4 is 21.6 Å². The fourth-order valence-corrected chi connectivity index (χ4v) is 4.64. The van der Waals surface area contributed by atoms with Gasteiger partial charge >= 0.3 is 0 Å². The fourth-order valence-electron chi connectivity index (χ4n) is 3.22. The molecule has 136 valence electrons. The summed E-state index contributed by atoms with van der Waals surface area (Å²) in [4.78, 5) is 18.7. The number of rotatable bonds is 5. The normalized spacial score (nSPS) is 18.7. The Morgan fingerprint density at radius 2 is 1.65 bits per heavy atom. The highest BCUT2D eigenvalue weighted by atomic mass is 32.2. The largest absolute Gasteiger partial charge is 0.354 e. The smallest absolute Gasteiger partial charge is 0.243 e. The van der Waals surface area contributed by atoms with Crippen molar-refractivity contribution in [2.45, 2.75) is 17.7 Å². The molecule has 26 heavy (non-hydrogen) atoms. The van der Waals surface area contributed by atoms with E-state index >= 15 is 0 Å². The van der Waals surface area contributed by atoms with E-state index in [2.05, 4.69) is 9.88 Å². The van der Waals surface area contributed by atoms with E-state index in [9.17, 15) is 13.2 Å². The van der Waals surface area contributed by atoms with E-state index in [-0.39, 0.29) is 16.6 Å². The maximum Gasteiger partial charge on any atom is 0.243 e. The molecule has 0 amide bonds. The number of piperazine rings is 1. The number of carbonyl (C=O) groups is 1. The number of aromatic nitrogens is 1. The van der Waals surface area contributed by atoms with Crippen molar-refractivity contribution in [2.75, 3.05) is 31.1 Å². The summed E-state index contributed by atoms with van der Waals surface area (Å²) in [5.74, 6) is 1.13. The van der Waals surface area contributed by atoms with Crippen molar-refractivity contribution in [3.63, 3.8) is 0 Å². The van der Waals surface area contributed by atoms with Gasteiger partial charge in [-0.25, -0.2) is 13.4 Å². The zero-order valence-electron chi connectivity index (χ0n) is 14.4. The van der Waals surface area contributed by atoms with Crippen molar-refractivity contribution in [1.82, 2.24) is 9.29 Å². The number of ketones is 1. The molecule has 1 saturated heterocycles. The van der Waals surface area contributed by atoms with Crippen LogP contribution in [-0.4, -0.2) is 49.7 Å². The molecular formula is C19H21N3O3S. The Balaban J connectivity index is 1.44. The molecule has 1 aromatic carbocycles. The lowest BCUT2D eigenvalue weighted by atomic mass is 10.1. The Bertz CT molecular complexity index is 885. The molecule has 1 aliphatic carbocycles. The monoisotopic (exact) mass is 371 g/mol. The molecule has 0 N–H and O–H groups in total.